The van der Waals surface area contributed by atoms with Gasteiger partial charge in [-0.05, 0) is 18.2 Å². The molecule has 0 aliphatic heterocycles. The Morgan fingerprint density at radius 2 is 2.05 bits per heavy atom. The number of rotatable bonds is 4. The zero-order valence-corrected chi connectivity index (χ0v) is 11.3. The summed E-state index contributed by atoms with van der Waals surface area (Å²) in [5.41, 5.74) is 1.66. The van der Waals surface area contributed by atoms with E-state index in [1.54, 1.807) is 18.2 Å². The van der Waals surface area contributed by atoms with Gasteiger partial charge in [0.1, 0.15) is 5.82 Å². The SMILES string of the molecule is O=C(NCc1nc2ccc([N+](=O)[O-])cc2[nH]1)c1ccncc1. The number of nitro groups is 1. The Balaban J connectivity index is 1.74. The fraction of sp³-hybridized carbons (Fsp3) is 0.0714. The third-order valence-electron chi connectivity index (χ3n) is 3.08. The molecule has 1 aromatic carbocycles. The van der Waals surface area contributed by atoms with Gasteiger partial charge >= 0.3 is 0 Å². The highest BCUT2D eigenvalue weighted by atomic mass is 16.6. The van der Waals surface area contributed by atoms with Gasteiger partial charge in [0, 0.05) is 30.1 Å². The number of non-ortho nitro benzene ring substituents is 1. The predicted molar refractivity (Wildman–Crippen MR) is 78.2 cm³/mol. The number of hydrogen-bond donors (Lipinski definition) is 2. The smallest absolute Gasteiger partial charge is 0.271 e. The van der Waals surface area contributed by atoms with Crippen molar-refractivity contribution < 1.29 is 9.72 Å². The molecule has 1 amide bonds. The second kappa shape index (κ2) is 5.60. The quantitative estimate of drug-likeness (QED) is 0.563. The van der Waals surface area contributed by atoms with Gasteiger partial charge < -0.3 is 10.3 Å². The van der Waals surface area contributed by atoms with Crippen molar-refractivity contribution in [2.75, 3.05) is 0 Å². The van der Waals surface area contributed by atoms with Gasteiger partial charge in [-0.3, -0.25) is 19.9 Å². The van der Waals surface area contributed by atoms with E-state index in [4.69, 9.17) is 0 Å². The standard InChI is InChI=1S/C14H11N5O3/c20-14(9-3-5-15-6-4-9)16-8-13-17-11-2-1-10(19(21)22)7-12(11)18-13/h1-7H,8H2,(H,16,20)(H,17,18). The molecule has 3 rings (SSSR count). The minimum Gasteiger partial charge on any atom is -0.345 e. The minimum atomic E-state index is -0.467. The lowest BCUT2D eigenvalue weighted by molar-refractivity contribution is -0.384. The summed E-state index contributed by atoms with van der Waals surface area (Å²) < 4.78 is 0. The number of carbonyl (C=O) groups is 1. The van der Waals surface area contributed by atoms with Crippen molar-refractivity contribution in [2.24, 2.45) is 0 Å². The van der Waals surface area contributed by atoms with Crippen LogP contribution in [0.4, 0.5) is 5.69 Å². The van der Waals surface area contributed by atoms with Crippen LogP contribution < -0.4 is 5.32 Å². The minimum absolute atomic E-state index is 0.0106. The van der Waals surface area contributed by atoms with Crippen LogP contribution >= 0.6 is 0 Å². The number of imidazole rings is 1. The molecule has 0 aliphatic carbocycles. The Morgan fingerprint density at radius 1 is 1.27 bits per heavy atom. The number of aromatic amines is 1. The van der Waals surface area contributed by atoms with Gasteiger partial charge in [-0.25, -0.2) is 4.98 Å². The molecule has 0 unspecified atom stereocenters. The Morgan fingerprint density at radius 3 is 2.77 bits per heavy atom. The summed E-state index contributed by atoms with van der Waals surface area (Å²) in [4.78, 5) is 33.2. The molecule has 0 saturated carbocycles. The number of aromatic nitrogens is 3. The highest BCUT2D eigenvalue weighted by molar-refractivity contribution is 5.93. The topological polar surface area (TPSA) is 114 Å². The van der Waals surface area contributed by atoms with E-state index < -0.39 is 4.92 Å². The Labute approximate surface area is 124 Å². The molecule has 3 aromatic rings. The maximum Gasteiger partial charge on any atom is 0.271 e. The van der Waals surface area contributed by atoms with Gasteiger partial charge in [0.25, 0.3) is 11.6 Å². The summed E-state index contributed by atoms with van der Waals surface area (Å²) in [6, 6.07) is 7.59. The molecule has 0 radical (unpaired) electrons. The first-order valence-electron chi connectivity index (χ1n) is 6.45. The van der Waals surface area contributed by atoms with Crippen molar-refractivity contribution in [2.45, 2.75) is 6.54 Å². The number of fused-ring (bicyclic) bond motifs is 1. The molecule has 0 fully saturated rings. The summed E-state index contributed by atoms with van der Waals surface area (Å²) in [7, 11) is 0. The highest BCUT2D eigenvalue weighted by Gasteiger charge is 2.10. The molecule has 0 aliphatic rings. The Bertz CT molecular complexity index is 844. The molecule has 0 atom stereocenters. The summed E-state index contributed by atoms with van der Waals surface area (Å²) >= 11 is 0. The molecule has 22 heavy (non-hydrogen) atoms. The second-order valence-electron chi connectivity index (χ2n) is 4.56. The molecular formula is C14H11N5O3. The molecule has 2 N–H and O–H groups in total. The van der Waals surface area contributed by atoms with Crippen LogP contribution in [0.2, 0.25) is 0 Å². The lowest BCUT2D eigenvalue weighted by Crippen LogP contribution is -2.23. The van der Waals surface area contributed by atoms with E-state index in [0.29, 0.717) is 22.4 Å². The molecule has 0 saturated heterocycles. The maximum atomic E-state index is 11.9. The van der Waals surface area contributed by atoms with Crippen molar-refractivity contribution in [3.05, 3.63) is 64.2 Å². The van der Waals surface area contributed by atoms with Gasteiger partial charge in [0.15, 0.2) is 0 Å². The van der Waals surface area contributed by atoms with Gasteiger partial charge in [0.05, 0.1) is 22.5 Å². The van der Waals surface area contributed by atoms with Crippen molar-refractivity contribution in [1.82, 2.24) is 20.3 Å². The van der Waals surface area contributed by atoms with E-state index >= 15 is 0 Å². The summed E-state index contributed by atoms with van der Waals surface area (Å²) in [6.07, 6.45) is 3.07. The largest absolute Gasteiger partial charge is 0.345 e. The summed E-state index contributed by atoms with van der Waals surface area (Å²) in [5.74, 6) is 0.284. The van der Waals surface area contributed by atoms with Gasteiger partial charge in [0.2, 0.25) is 0 Å². The summed E-state index contributed by atoms with van der Waals surface area (Å²) in [5, 5.41) is 13.5. The normalized spacial score (nSPS) is 10.5. The third-order valence-corrected chi connectivity index (χ3v) is 3.08. The van der Waals surface area contributed by atoms with E-state index in [2.05, 4.69) is 20.3 Å². The van der Waals surface area contributed by atoms with Crippen LogP contribution in [0.5, 0.6) is 0 Å². The second-order valence-corrected chi connectivity index (χ2v) is 4.56. The first kappa shape index (κ1) is 13.7. The van der Waals surface area contributed by atoms with E-state index in [1.807, 2.05) is 0 Å². The average Bonchev–Trinajstić information content (AvgIpc) is 2.95. The van der Waals surface area contributed by atoms with Crippen LogP contribution in [-0.2, 0) is 6.54 Å². The molecule has 2 aromatic heterocycles. The number of H-pyrrole nitrogens is 1. The van der Waals surface area contributed by atoms with Crippen LogP contribution in [-0.4, -0.2) is 25.8 Å². The summed E-state index contributed by atoms with van der Waals surface area (Å²) in [6.45, 7) is 0.198. The molecule has 0 bridgehead atoms. The fourth-order valence-electron chi connectivity index (χ4n) is 2.02. The monoisotopic (exact) mass is 297 g/mol. The molecule has 8 nitrogen and oxygen atoms in total. The Hall–Kier alpha value is -3.29. The van der Waals surface area contributed by atoms with Crippen LogP contribution in [0.15, 0.2) is 42.7 Å². The number of carbonyl (C=O) groups excluding carboxylic acids is 1. The fourth-order valence-corrected chi connectivity index (χ4v) is 2.02. The number of hydrogen-bond acceptors (Lipinski definition) is 5. The van der Waals surface area contributed by atoms with Crippen molar-refractivity contribution in [3.8, 4) is 0 Å². The van der Waals surface area contributed by atoms with Gasteiger partial charge in [-0.15, -0.1) is 0 Å². The third kappa shape index (κ3) is 2.75. The van der Waals surface area contributed by atoms with Crippen LogP contribution in [0.25, 0.3) is 11.0 Å². The number of benzene rings is 1. The van der Waals surface area contributed by atoms with Crippen molar-refractivity contribution in [1.29, 1.82) is 0 Å². The van der Waals surface area contributed by atoms with Crippen molar-refractivity contribution in [3.63, 3.8) is 0 Å². The number of nitrogens with zero attached hydrogens (tertiary/aromatic N) is 3. The van der Waals surface area contributed by atoms with Gasteiger partial charge in [-0.1, -0.05) is 0 Å². The lowest BCUT2D eigenvalue weighted by atomic mass is 10.2. The van der Waals surface area contributed by atoms with E-state index in [1.165, 1.54) is 24.5 Å². The van der Waals surface area contributed by atoms with E-state index in [9.17, 15) is 14.9 Å². The number of amides is 1. The van der Waals surface area contributed by atoms with E-state index in [0.717, 1.165) is 0 Å². The Kier molecular flexibility index (Phi) is 3.48. The van der Waals surface area contributed by atoms with Crippen molar-refractivity contribution >= 4 is 22.6 Å². The van der Waals surface area contributed by atoms with Crippen LogP contribution in [0.3, 0.4) is 0 Å². The molecule has 2 heterocycles. The zero-order chi connectivity index (χ0) is 15.5. The maximum absolute atomic E-state index is 11.9. The first-order chi connectivity index (χ1) is 10.6. The molecule has 8 heteroatoms. The number of nitrogens with one attached hydrogen (secondary N) is 2. The van der Waals surface area contributed by atoms with Crippen LogP contribution in [0, 0.1) is 10.1 Å². The molecule has 0 spiro atoms. The first-order valence-corrected chi connectivity index (χ1v) is 6.45. The molecular weight excluding hydrogens is 286 g/mol. The average molecular weight is 297 g/mol. The predicted octanol–water partition coefficient (Wildman–Crippen LogP) is 1.80. The number of nitro benzene ring substituents is 1. The number of pyridine rings is 1. The molecule has 110 valence electrons. The van der Waals surface area contributed by atoms with E-state index in [-0.39, 0.29) is 18.1 Å². The van der Waals surface area contributed by atoms with Gasteiger partial charge in [-0.2, -0.15) is 0 Å². The van der Waals surface area contributed by atoms with Crippen LogP contribution in [0.1, 0.15) is 16.2 Å². The lowest BCUT2D eigenvalue weighted by Gasteiger charge is -2.02. The highest BCUT2D eigenvalue weighted by Crippen LogP contribution is 2.18. The zero-order valence-electron chi connectivity index (χ0n) is 11.3.